The molecule has 2 heterocycles. The second-order valence-corrected chi connectivity index (χ2v) is 7.29. The molecular weight excluding hydrogens is 408 g/mol. The number of nitrogens with one attached hydrogen (secondary N) is 1. The van der Waals surface area contributed by atoms with Gasteiger partial charge in [-0.05, 0) is 29.8 Å². The summed E-state index contributed by atoms with van der Waals surface area (Å²) in [5.74, 6) is 1.53. The fraction of sp³-hybridized carbons (Fsp3) is 0.208. The number of hydrogen-bond donors (Lipinski definition) is 2. The number of aryl methyl sites for hydroxylation is 1. The van der Waals surface area contributed by atoms with Gasteiger partial charge in [0.1, 0.15) is 11.2 Å². The normalized spacial score (nSPS) is 11.9. The summed E-state index contributed by atoms with van der Waals surface area (Å²) in [4.78, 5) is 22.0. The van der Waals surface area contributed by atoms with Crippen molar-refractivity contribution in [3.05, 3.63) is 76.8 Å². The van der Waals surface area contributed by atoms with Crippen molar-refractivity contribution in [2.24, 2.45) is 7.05 Å². The number of methoxy groups -OCH3 is 2. The predicted octanol–water partition coefficient (Wildman–Crippen LogP) is 3.16. The first kappa shape index (κ1) is 21.3. The van der Waals surface area contributed by atoms with E-state index in [1.54, 1.807) is 33.4 Å². The SMILES string of the molecule is COc1ccc(-c2cc3ncn(C)c(=O)c3c(NC[C@@H](O)c3ccccc3)n2)cc1OC. The molecule has 0 aliphatic rings. The molecule has 4 aromatic rings. The van der Waals surface area contributed by atoms with Crippen molar-refractivity contribution in [1.29, 1.82) is 0 Å². The number of nitrogens with zero attached hydrogens (tertiary/aromatic N) is 3. The van der Waals surface area contributed by atoms with Crippen LogP contribution in [0.25, 0.3) is 22.2 Å². The van der Waals surface area contributed by atoms with Gasteiger partial charge in [0.2, 0.25) is 0 Å². The Kier molecular flexibility index (Phi) is 6.04. The van der Waals surface area contributed by atoms with Crippen molar-refractivity contribution < 1.29 is 14.6 Å². The van der Waals surface area contributed by atoms with Gasteiger partial charge in [-0.1, -0.05) is 30.3 Å². The lowest BCUT2D eigenvalue weighted by atomic mass is 10.1. The number of aromatic nitrogens is 3. The smallest absolute Gasteiger partial charge is 0.264 e. The third-order valence-electron chi connectivity index (χ3n) is 5.23. The van der Waals surface area contributed by atoms with Crippen molar-refractivity contribution in [2.75, 3.05) is 26.1 Å². The third-order valence-corrected chi connectivity index (χ3v) is 5.23. The second kappa shape index (κ2) is 9.07. The molecule has 0 saturated carbocycles. The fourth-order valence-corrected chi connectivity index (χ4v) is 3.48. The van der Waals surface area contributed by atoms with Gasteiger partial charge in [-0.2, -0.15) is 0 Å². The predicted molar refractivity (Wildman–Crippen MR) is 123 cm³/mol. The van der Waals surface area contributed by atoms with Crippen molar-refractivity contribution >= 4 is 16.7 Å². The Hall–Kier alpha value is -3.91. The molecule has 4 rings (SSSR count). The van der Waals surface area contributed by atoms with Crippen LogP contribution in [0.2, 0.25) is 0 Å². The lowest BCUT2D eigenvalue weighted by Crippen LogP contribution is -2.20. The van der Waals surface area contributed by atoms with E-state index in [-0.39, 0.29) is 12.1 Å². The van der Waals surface area contributed by atoms with Crippen LogP contribution in [-0.4, -0.2) is 40.4 Å². The van der Waals surface area contributed by atoms with E-state index in [1.165, 1.54) is 10.9 Å². The van der Waals surface area contributed by atoms with Crippen molar-refractivity contribution in [2.45, 2.75) is 6.10 Å². The number of fused-ring (bicyclic) bond motifs is 1. The first-order valence-electron chi connectivity index (χ1n) is 10.1. The second-order valence-electron chi connectivity index (χ2n) is 7.29. The Morgan fingerprint density at radius 1 is 1.06 bits per heavy atom. The number of anilines is 1. The monoisotopic (exact) mass is 432 g/mol. The Morgan fingerprint density at radius 3 is 2.53 bits per heavy atom. The van der Waals surface area contributed by atoms with Crippen molar-refractivity contribution in [1.82, 2.24) is 14.5 Å². The van der Waals surface area contributed by atoms with Gasteiger partial charge in [0.05, 0.1) is 37.9 Å². The van der Waals surface area contributed by atoms with E-state index in [1.807, 2.05) is 42.5 Å². The largest absolute Gasteiger partial charge is 0.493 e. The van der Waals surface area contributed by atoms with Gasteiger partial charge >= 0.3 is 0 Å². The molecule has 0 aliphatic carbocycles. The van der Waals surface area contributed by atoms with E-state index >= 15 is 0 Å². The van der Waals surface area contributed by atoms with Crippen molar-refractivity contribution in [3.8, 4) is 22.8 Å². The van der Waals surface area contributed by atoms with Gasteiger partial charge in [0, 0.05) is 19.2 Å². The lowest BCUT2D eigenvalue weighted by molar-refractivity contribution is 0.191. The van der Waals surface area contributed by atoms with Crippen LogP contribution >= 0.6 is 0 Å². The van der Waals surface area contributed by atoms with E-state index in [2.05, 4.69) is 10.3 Å². The molecule has 0 radical (unpaired) electrons. The molecule has 8 heteroatoms. The van der Waals surface area contributed by atoms with Crippen LogP contribution < -0.4 is 20.3 Å². The molecule has 164 valence electrons. The summed E-state index contributed by atoms with van der Waals surface area (Å²) >= 11 is 0. The van der Waals surface area contributed by atoms with E-state index < -0.39 is 6.10 Å². The molecule has 1 atom stereocenters. The summed E-state index contributed by atoms with van der Waals surface area (Å²) in [5, 5.41) is 14.1. The maximum absolute atomic E-state index is 12.8. The summed E-state index contributed by atoms with van der Waals surface area (Å²) in [6, 6.07) is 16.5. The van der Waals surface area contributed by atoms with Crippen LogP contribution in [0.15, 0.2) is 65.7 Å². The Labute approximate surface area is 185 Å². The van der Waals surface area contributed by atoms with E-state index in [9.17, 15) is 9.90 Å². The number of benzene rings is 2. The van der Waals surface area contributed by atoms with Gasteiger partial charge < -0.3 is 24.5 Å². The summed E-state index contributed by atoms with van der Waals surface area (Å²) in [5.41, 5.74) is 2.43. The van der Waals surface area contributed by atoms with E-state index in [0.717, 1.165) is 11.1 Å². The standard InChI is InChI=1S/C24H24N4O4/c1-28-14-26-18-12-17(16-9-10-20(31-2)21(11-16)32-3)27-23(22(18)24(28)30)25-13-19(29)15-7-5-4-6-8-15/h4-12,14,19,29H,13H2,1-3H3,(H,25,27)/t19-/m1/s1. The molecule has 0 spiro atoms. The summed E-state index contributed by atoms with van der Waals surface area (Å²) in [7, 11) is 4.78. The minimum atomic E-state index is -0.765. The van der Waals surface area contributed by atoms with Gasteiger partial charge in [0.15, 0.2) is 11.5 Å². The van der Waals surface area contributed by atoms with Gasteiger partial charge in [-0.15, -0.1) is 0 Å². The molecule has 32 heavy (non-hydrogen) atoms. The minimum absolute atomic E-state index is 0.180. The van der Waals surface area contributed by atoms with Crippen LogP contribution in [0.4, 0.5) is 5.82 Å². The summed E-state index contributed by atoms with van der Waals surface area (Å²) in [6.07, 6.45) is 0.712. The average Bonchev–Trinajstić information content (AvgIpc) is 2.84. The molecule has 0 aliphatic heterocycles. The zero-order valence-corrected chi connectivity index (χ0v) is 18.1. The topological polar surface area (TPSA) is 98.5 Å². The molecular formula is C24H24N4O4. The Morgan fingerprint density at radius 2 is 1.81 bits per heavy atom. The highest BCUT2D eigenvalue weighted by Crippen LogP contribution is 2.33. The quantitative estimate of drug-likeness (QED) is 0.463. The number of aliphatic hydroxyl groups excluding tert-OH is 1. The number of aliphatic hydroxyl groups is 1. The lowest BCUT2D eigenvalue weighted by Gasteiger charge is -2.15. The highest BCUT2D eigenvalue weighted by molar-refractivity contribution is 5.91. The van der Waals surface area contributed by atoms with E-state index in [4.69, 9.17) is 14.5 Å². The fourth-order valence-electron chi connectivity index (χ4n) is 3.48. The van der Waals surface area contributed by atoms with Gasteiger partial charge in [0.25, 0.3) is 5.56 Å². The van der Waals surface area contributed by atoms with Crippen LogP contribution in [0, 0.1) is 0 Å². The van der Waals surface area contributed by atoms with Crippen LogP contribution in [0.3, 0.4) is 0 Å². The average molecular weight is 432 g/mol. The third kappa shape index (κ3) is 4.13. The minimum Gasteiger partial charge on any atom is -0.493 e. The highest BCUT2D eigenvalue weighted by Gasteiger charge is 2.16. The molecule has 2 aromatic heterocycles. The Bertz CT molecular complexity index is 1300. The van der Waals surface area contributed by atoms with Crippen LogP contribution in [0.1, 0.15) is 11.7 Å². The highest BCUT2D eigenvalue weighted by atomic mass is 16.5. The first-order chi connectivity index (χ1) is 15.5. The molecule has 0 fully saturated rings. The molecule has 0 unspecified atom stereocenters. The number of ether oxygens (including phenoxy) is 2. The summed E-state index contributed by atoms with van der Waals surface area (Å²) < 4.78 is 12.1. The van der Waals surface area contributed by atoms with Crippen LogP contribution in [-0.2, 0) is 7.05 Å². The molecule has 2 aromatic carbocycles. The molecule has 0 bridgehead atoms. The molecule has 2 N–H and O–H groups in total. The maximum Gasteiger partial charge on any atom is 0.264 e. The number of rotatable bonds is 7. The number of pyridine rings is 1. The first-order valence-corrected chi connectivity index (χ1v) is 10.1. The molecule has 0 amide bonds. The van der Waals surface area contributed by atoms with E-state index in [0.29, 0.717) is 33.9 Å². The maximum atomic E-state index is 12.8. The zero-order chi connectivity index (χ0) is 22.7. The Balaban J connectivity index is 1.78. The number of hydrogen-bond acceptors (Lipinski definition) is 7. The molecule has 0 saturated heterocycles. The van der Waals surface area contributed by atoms with Crippen LogP contribution in [0.5, 0.6) is 11.5 Å². The van der Waals surface area contributed by atoms with Gasteiger partial charge in [-0.3, -0.25) is 4.79 Å². The van der Waals surface area contributed by atoms with Crippen molar-refractivity contribution in [3.63, 3.8) is 0 Å². The van der Waals surface area contributed by atoms with Gasteiger partial charge in [-0.25, -0.2) is 9.97 Å². The molecule has 8 nitrogen and oxygen atoms in total. The summed E-state index contributed by atoms with van der Waals surface area (Å²) in [6.45, 7) is 0.180. The zero-order valence-electron chi connectivity index (χ0n) is 18.1.